The van der Waals surface area contributed by atoms with E-state index in [0.29, 0.717) is 11.6 Å². The zero-order valence-corrected chi connectivity index (χ0v) is 13.1. The van der Waals surface area contributed by atoms with Crippen molar-refractivity contribution >= 4 is 11.6 Å². The molecule has 0 unspecified atom stereocenters. The van der Waals surface area contributed by atoms with Crippen LogP contribution in [0.1, 0.15) is 20.8 Å². The van der Waals surface area contributed by atoms with Crippen LogP contribution < -0.4 is 10.1 Å². The van der Waals surface area contributed by atoms with Crippen molar-refractivity contribution in [3.8, 4) is 5.75 Å². The number of likely N-dealkylation sites (N-methyl/N-ethyl adjacent to an activating group) is 1. The lowest BCUT2D eigenvalue weighted by Crippen LogP contribution is -2.41. The average Bonchev–Trinajstić information content (AvgIpc) is 2.27. The van der Waals surface area contributed by atoms with Crippen molar-refractivity contribution in [2.24, 2.45) is 0 Å². The lowest BCUT2D eigenvalue weighted by Gasteiger charge is -2.23. The SMILES string of the molecule is CN(CCNC(C)(C)C)CCOc1cccc(Cl)c1. The molecular formula is C15H25ClN2O. The van der Waals surface area contributed by atoms with E-state index in [-0.39, 0.29) is 5.54 Å². The molecule has 1 aromatic carbocycles. The minimum absolute atomic E-state index is 0.179. The predicted molar refractivity (Wildman–Crippen MR) is 82.2 cm³/mol. The van der Waals surface area contributed by atoms with Gasteiger partial charge in [0, 0.05) is 30.2 Å². The Hall–Kier alpha value is -0.770. The highest BCUT2D eigenvalue weighted by atomic mass is 35.5. The Kier molecular flexibility index (Phi) is 6.63. The van der Waals surface area contributed by atoms with Gasteiger partial charge in [-0.3, -0.25) is 0 Å². The number of hydrogen-bond donors (Lipinski definition) is 1. The van der Waals surface area contributed by atoms with Gasteiger partial charge >= 0.3 is 0 Å². The summed E-state index contributed by atoms with van der Waals surface area (Å²) >= 11 is 5.90. The molecule has 0 atom stereocenters. The number of rotatable bonds is 7. The molecule has 19 heavy (non-hydrogen) atoms. The molecule has 0 heterocycles. The molecule has 0 fully saturated rings. The molecule has 0 aliphatic heterocycles. The predicted octanol–water partition coefficient (Wildman–Crippen LogP) is 3.04. The molecule has 0 saturated heterocycles. The van der Waals surface area contributed by atoms with Crippen LogP contribution in [-0.2, 0) is 0 Å². The van der Waals surface area contributed by atoms with Crippen LogP contribution in [0.5, 0.6) is 5.75 Å². The summed E-state index contributed by atoms with van der Waals surface area (Å²) in [5.74, 6) is 0.828. The Morgan fingerprint density at radius 3 is 2.63 bits per heavy atom. The highest BCUT2D eigenvalue weighted by Crippen LogP contribution is 2.16. The van der Waals surface area contributed by atoms with Crippen LogP contribution >= 0.6 is 11.6 Å². The van der Waals surface area contributed by atoms with Crippen LogP contribution in [0.4, 0.5) is 0 Å². The number of halogens is 1. The summed E-state index contributed by atoms with van der Waals surface area (Å²) in [6.07, 6.45) is 0. The number of nitrogens with zero attached hydrogens (tertiary/aromatic N) is 1. The third-order valence-electron chi connectivity index (χ3n) is 2.69. The van der Waals surface area contributed by atoms with Gasteiger partial charge in [0.05, 0.1) is 0 Å². The Morgan fingerprint density at radius 2 is 2.00 bits per heavy atom. The Labute approximate surface area is 121 Å². The van der Waals surface area contributed by atoms with E-state index in [1.807, 2.05) is 24.3 Å². The largest absolute Gasteiger partial charge is 0.492 e. The molecule has 0 radical (unpaired) electrons. The zero-order chi connectivity index (χ0) is 14.3. The molecule has 3 nitrogen and oxygen atoms in total. The monoisotopic (exact) mass is 284 g/mol. The fourth-order valence-corrected chi connectivity index (χ4v) is 1.79. The lowest BCUT2D eigenvalue weighted by molar-refractivity contribution is 0.233. The fraction of sp³-hybridized carbons (Fsp3) is 0.600. The third-order valence-corrected chi connectivity index (χ3v) is 2.92. The second-order valence-electron chi connectivity index (χ2n) is 5.79. The summed E-state index contributed by atoms with van der Waals surface area (Å²) in [5, 5.41) is 4.18. The summed E-state index contributed by atoms with van der Waals surface area (Å²) in [7, 11) is 2.10. The van der Waals surface area contributed by atoms with Crippen molar-refractivity contribution in [2.45, 2.75) is 26.3 Å². The maximum atomic E-state index is 5.90. The minimum Gasteiger partial charge on any atom is -0.492 e. The van der Waals surface area contributed by atoms with Gasteiger partial charge in [-0.25, -0.2) is 0 Å². The summed E-state index contributed by atoms with van der Waals surface area (Å²) in [4.78, 5) is 2.25. The minimum atomic E-state index is 0.179. The van der Waals surface area contributed by atoms with Gasteiger partial charge in [0.2, 0.25) is 0 Å². The lowest BCUT2D eigenvalue weighted by atomic mass is 10.1. The molecule has 1 N–H and O–H groups in total. The van der Waals surface area contributed by atoms with Crippen molar-refractivity contribution in [1.29, 1.82) is 0 Å². The first kappa shape index (κ1) is 16.3. The maximum absolute atomic E-state index is 5.90. The van der Waals surface area contributed by atoms with Crippen LogP contribution in [0.3, 0.4) is 0 Å². The van der Waals surface area contributed by atoms with Crippen LogP contribution in [0.15, 0.2) is 24.3 Å². The van der Waals surface area contributed by atoms with Gasteiger partial charge in [-0.05, 0) is 46.0 Å². The molecule has 0 saturated carbocycles. The van der Waals surface area contributed by atoms with Gasteiger partial charge in [-0.1, -0.05) is 17.7 Å². The van der Waals surface area contributed by atoms with E-state index in [2.05, 4.69) is 38.0 Å². The zero-order valence-electron chi connectivity index (χ0n) is 12.4. The summed E-state index contributed by atoms with van der Waals surface area (Å²) in [6.45, 7) is 10.1. The molecule has 4 heteroatoms. The van der Waals surface area contributed by atoms with E-state index >= 15 is 0 Å². The molecule has 1 rings (SSSR count). The summed E-state index contributed by atoms with van der Waals surface area (Å²) in [5.41, 5.74) is 0.179. The Morgan fingerprint density at radius 1 is 1.26 bits per heavy atom. The number of hydrogen-bond acceptors (Lipinski definition) is 3. The van der Waals surface area contributed by atoms with Crippen LogP contribution in [0.2, 0.25) is 5.02 Å². The van der Waals surface area contributed by atoms with E-state index in [9.17, 15) is 0 Å². The van der Waals surface area contributed by atoms with E-state index in [1.165, 1.54) is 0 Å². The van der Waals surface area contributed by atoms with E-state index in [4.69, 9.17) is 16.3 Å². The van der Waals surface area contributed by atoms with Crippen LogP contribution in [0.25, 0.3) is 0 Å². The van der Waals surface area contributed by atoms with Crippen LogP contribution in [-0.4, -0.2) is 43.7 Å². The van der Waals surface area contributed by atoms with Gasteiger partial charge < -0.3 is 15.0 Å². The molecule has 0 amide bonds. The van der Waals surface area contributed by atoms with E-state index < -0.39 is 0 Å². The summed E-state index contributed by atoms with van der Waals surface area (Å²) < 4.78 is 5.66. The van der Waals surface area contributed by atoms with Crippen molar-refractivity contribution in [3.05, 3.63) is 29.3 Å². The standard InChI is InChI=1S/C15H25ClN2O/c1-15(2,3)17-8-9-18(4)10-11-19-14-7-5-6-13(16)12-14/h5-7,12,17H,8-11H2,1-4H3. The Balaban J connectivity index is 2.15. The van der Waals surface area contributed by atoms with E-state index in [1.54, 1.807) is 0 Å². The first-order chi connectivity index (χ1) is 8.87. The molecule has 0 aliphatic carbocycles. The molecule has 108 valence electrons. The second kappa shape index (κ2) is 7.73. The third kappa shape index (κ3) is 8.09. The first-order valence-corrected chi connectivity index (χ1v) is 7.06. The van der Waals surface area contributed by atoms with Gasteiger partial charge in [0.15, 0.2) is 0 Å². The van der Waals surface area contributed by atoms with Crippen molar-refractivity contribution in [3.63, 3.8) is 0 Å². The van der Waals surface area contributed by atoms with Crippen molar-refractivity contribution < 1.29 is 4.74 Å². The Bertz CT molecular complexity index is 377. The molecule has 0 bridgehead atoms. The number of benzene rings is 1. The maximum Gasteiger partial charge on any atom is 0.120 e. The molecule has 0 aliphatic rings. The van der Waals surface area contributed by atoms with Crippen molar-refractivity contribution in [2.75, 3.05) is 33.3 Å². The number of nitrogens with one attached hydrogen (secondary N) is 1. The first-order valence-electron chi connectivity index (χ1n) is 6.69. The highest BCUT2D eigenvalue weighted by molar-refractivity contribution is 6.30. The second-order valence-corrected chi connectivity index (χ2v) is 6.22. The van der Waals surface area contributed by atoms with E-state index in [0.717, 1.165) is 25.4 Å². The van der Waals surface area contributed by atoms with Gasteiger partial charge in [-0.15, -0.1) is 0 Å². The number of ether oxygens (including phenoxy) is 1. The van der Waals surface area contributed by atoms with Gasteiger partial charge in [-0.2, -0.15) is 0 Å². The summed E-state index contributed by atoms with van der Waals surface area (Å²) in [6, 6.07) is 7.50. The van der Waals surface area contributed by atoms with Crippen molar-refractivity contribution in [1.82, 2.24) is 10.2 Å². The molecular weight excluding hydrogens is 260 g/mol. The quantitative estimate of drug-likeness (QED) is 0.833. The van der Waals surface area contributed by atoms with Gasteiger partial charge in [0.1, 0.15) is 12.4 Å². The molecule has 0 aromatic heterocycles. The molecule has 0 spiro atoms. The smallest absolute Gasteiger partial charge is 0.120 e. The highest BCUT2D eigenvalue weighted by Gasteiger charge is 2.08. The normalized spacial score (nSPS) is 11.9. The average molecular weight is 285 g/mol. The topological polar surface area (TPSA) is 24.5 Å². The molecule has 1 aromatic rings. The fourth-order valence-electron chi connectivity index (χ4n) is 1.61. The van der Waals surface area contributed by atoms with Crippen LogP contribution in [0, 0.1) is 0 Å². The van der Waals surface area contributed by atoms with Gasteiger partial charge in [0.25, 0.3) is 0 Å².